The second kappa shape index (κ2) is 16.3. The van der Waals surface area contributed by atoms with Crippen molar-refractivity contribution in [1.29, 1.82) is 0 Å². The summed E-state index contributed by atoms with van der Waals surface area (Å²) in [6.07, 6.45) is 10.6. The van der Waals surface area contributed by atoms with Gasteiger partial charge in [0.05, 0.1) is 17.8 Å². The second-order valence-corrected chi connectivity index (χ2v) is 19.6. The van der Waals surface area contributed by atoms with E-state index in [0.717, 1.165) is 32.1 Å². The molecule has 0 spiro atoms. The lowest BCUT2D eigenvalue weighted by Gasteiger charge is -2.39. The summed E-state index contributed by atoms with van der Waals surface area (Å²) >= 11 is 1.82. The average molecular weight is 641 g/mol. The van der Waals surface area contributed by atoms with Gasteiger partial charge in [-0.2, -0.15) is 0 Å². The standard InChI is InChI=1S/C37H60O3SSi2/c1-14-29(18-17-23-37(38,15-2)16-3)32-25-28(26-41-32)20-19-27-21-22-30(33(35(4,5)6)39-42(10)11)31(24-27)34(36(7,8)9)40-43(12)13/h17-18,21-26,33-34,38H,14-16,19-20H2,1-13H3/b23-17+,29-18+. The number of hydrogen-bond donors (Lipinski definition) is 1. The lowest BCUT2D eigenvalue weighted by atomic mass is 9.77. The van der Waals surface area contributed by atoms with Gasteiger partial charge in [-0.25, -0.2) is 0 Å². The smallest absolute Gasteiger partial charge is 0.205 e. The molecule has 0 saturated carbocycles. The number of aliphatic hydroxyl groups is 1. The van der Waals surface area contributed by atoms with E-state index in [1.54, 1.807) is 0 Å². The van der Waals surface area contributed by atoms with Crippen LogP contribution in [0, 0.1) is 10.8 Å². The average Bonchev–Trinajstić information content (AvgIpc) is 3.39. The van der Waals surface area contributed by atoms with Crippen LogP contribution in [0.3, 0.4) is 0 Å². The molecule has 2 rings (SSSR count). The Hall–Kier alpha value is -1.29. The van der Waals surface area contributed by atoms with Crippen LogP contribution in [-0.2, 0) is 21.7 Å². The molecular weight excluding hydrogens is 581 g/mol. The van der Waals surface area contributed by atoms with Gasteiger partial charge >= 0.3 is 0 Å². The molecule has 1 aromatic carbocycles. The van der Waals surface area contributed by atoms with Crippen LogP contribution in [0.4, 0.5) is 0 Å². The fourth-order valence-corrected chi connectivity index (χ4v) is 8.25. The summed E-state index contributed by atoms with van der Waals surface area (Å²) < 4.78 is 13.5. The number of hydrogen-bond acceptors (Lipinski definition) is 4. The molecule has 0 saturated heterocycles. The van der Waals surface area contributed by atoms with E-state index in [4.69, 9.17) is 8.85 Å². The van der Waals surface area contributed by atoms with E-state index in [0.29, 0.717) is 0 Å². The molecule has 2 atom stereocenters. The van der Waals surface area contributed by atoms with E-state index >= 15 is 0 Å². The Morgan fingerprint density at radius 2 is 1.35 bits per heavy atom. The summed E-state index contributed by atoms with van der Waals surface area (Å²) in [6.45, 7) is 29.0. The van der Waals surface area contributed by atoms with Crippen LogP contribution < -0.4 is 0 Å². The molecule has 43 heavy (non-hydrogen) atoms. The third kappa shape index (κ3) is 11.5. The molecule has 1 aromatic heterocycles. The molecule has 0 aliphatic heterocycles. The fourth-order valence-electron chi connectivity index (χ4n) is 5.30. The zero-order chi connectivity index (χ0) is 32.6. The Labute approximate surface area is 272 Å². The summed E-state index contributed by atoms with van der Waals surface area (Å²) in [5, 5.41) is 12.9. The van der Waals surface area contributed by atoms with Crippen molar-refractivity contribution in [2.45, 2.75) is 138 Å². The molecule has 2 radical (unpaired) electrons. The molecule has 240 valence electrons. The number of allylic oxidation sites excluding steroid dienone is 3. The third-order valence-electron chi connectivity index (χ3n) is 7.98. The molecule has 1 N–H and O–H groups in total. The van der Waals surface area contributed by atoms with Crippen LogP contribution in [0.5, 0.6) is 0 Å². The van der Waals surface area contributed by atoms with Gasteiger partial charge in [-0.15, -0.1) is 11.3 Å². The van der Waals surface area contributed by atoms with Gasteiger partial charge in [0, 0.05) is 4.88 Å². The Balaban J connectivity index is 2.42. The van der Waals surface area contributed by atoms with Gasteiger partial charge in [0.1, 0.15) is 0 Å². The van der Waals surface area contributed by atoms with Gasteiger partial charge in [-0.1, -0.05) is 98.7 Å². The molecular formula is C37H60O3SSi2. The molecule has 2 unspecified atom stereocenters. The Morgan fingerprint density at radius 3 is 1.84 bits per heavy atom. The highest BCUT2D eigenvalue weighted by Crippen LogP contribution is 2.45. The first-order chi connectivity index (χ1) is 19.9. The van der Waals surface area contributed by atoms with Crippen LogP contribution in [0.1, 0.15) is 121 Å². The predicted octanol–water partition coefficient (Wildman–Crippen LogP) is 11.1. The normalized spacial score (nSPS) is 15.2. The Morgan fingerprint density at radius 1 is 0.814 bits per heavy atom. The molecule has 1 heterocycles. The van der Waals surface area contributed by atoms with Crippen LogP contribution in [-0.4, -0.2) is 28.8 Å². The molecule has 0 amide bonds. The van der Waals surface area contributed by atoms with Crippen LogP contribution in [0.2, 0.25) is 26.2 Å². The Kier molecular flexibility index (Phi) is 14.4. The van der Waals surface area contributed by atoms with Crippen molar-refractivity contribution in [3.05, 3.63) is 75.0 Å². The van der Waals surface area contributed by atoms with Crippen molar-refractivity contribution in [3.8, 4) is 0 Å². The van der Waals surface area contributed by atoms with Crippen molar-refractivity contribution in [1.82, 2.24) is 0 Å². The largest absolute Gasteiger partial charge is 0.410 e. The minimum atomic E-state index is -0.913. The van der Waals surface area contributed by atoms with Crippen molar-refractivity contribution in [3.63, 3.8) is 0 Å². The monoisotopic (exact) mass is 640 g/mol. The van der Waals surface area contributed by atoms with E-state index in [-0.39, 0.29) is 23.0 Å². The van der Waals surface area contributed by atoms with Crippen molar-refractivity contribution in [2.24, 2.45) is 10.8 Å². The second-order valence-electron chi connectivity index (χ2n) is 14.5. The first-order valence-corrected chi connectivity index (χ1v) is 21.9. The number of benzene rings is 1. The van der Waals surface area contributed by atoms with Crippen molar-refractivity contribution in [2.75, 3.05) is 0 Å². The van der Waals surface area contributed by atoms with Crippen molar-refractivity contribution < 1.29 is 14.0 Å². The predicted molar refractivity (Wildman–Crippen MR) is 193 cm³/mol. The summed E-state index contributed by atoms with van der Waals surface area (Å²) in [5.41, 5.74) is 5.86. The minimum Gasteiger partial charge on any atom is -0.410 e. The number of rotatable bonds is 15. The highest BCUT2D eigenvalue weighted by molar-refractivity contribution is 7.11. The number of thiophene rings is 1. The zero-order valence-corrected chi connectivity index (χ0v) is 32.3. The molecule has 0 aliphatic carbocycles. The van der Waals surface area contributed by atoms with Gasteiger partial charge in [0.25, 0.3) is 0 Å². The molecule has 2 aromatic rings. The van der Waals surface area contributed by atoms with Gasteiger partial charge in [0.2, 0.25) is 18.1 Å². The molecule has 0 bridgehead atoms. The highest BCUT2D eigenvalue weighted by Gasteiger charge is 2.36. The van der Waals surface area contributed by atoms with Gasteiger partial charge < -0.3 is 14.0 Å². The Bertz CT molecular complexity index is 1190. The maximum atomic E-state index is 10.6. The molecule has 0 fully saturated rings. The van der Waals surface area contributed by atoms with E-state index in [1.807, 2.05) is 37.3 Å². The highest BCUT2D eigenvalue weighted by atomic mass is 32.1. The van der Waals surface area contributed by atoms with Crippen LogP contribution >= 0.6 is 11.3 Å². The van der Waals surface area contributed by atoms with Crippen LogP contribution in [0.15, 0.2) is 47.9 Å². The molecule has 3 nitrogen and oxygen atoms in total. The topological polar surface area (TPSA) is 38.7 Å². The third-order valence-corrected chi connectivity index (χ3v) is 10.4. The summed E-state index contributed by atoms with van der Waals surface area (Å²) in [5.74, 6) is 0. The maximum Gasteiger partial charge on any atom is 0.205 e. The van der Waals surface area contributed by atoms with E-state index in [1.165, 1.54) is 32.7 Å². The maximum absolute atomic E-state index is 10.6. The van der Waals surface area contributed by atoms with E-state index in [9.17, 15) is 5.11 Å². The van der Waals surface area contributed by atoms with Gasteiger partial charge in [-0.05, 0) is 108 Å². The first kappa shape index (κ1) is 37.9. The van der Waals surface area contributed by atoms with Crippen LogP contribution in [0.25, 0.3) is 5.57 Å². The van der Waals surface area contributed by atoms with Gasteiger partial charge in [-0.3, -0.25) is 0 Å². The quantitative estimate of drug-likeness (QED) is 0.155. The summed E-state index contributed by atoms with van der Waals surface area (Å²) in [6, 6.07) is 9.44. The lowest BCUT2D eigenvalue weighted by Crippen LogP contribution is -2.31. The SMILES string of the molecule is CC/C(=C\C=C\C(O)(CC)CC)c1cc(CCc2ccc(C(O[Si](C)C)C(C)(C)C)c(C(O[Si](C)C)C(C)(C)C)c2)cs1. The minimum absolute atomic E-state index is 0.0142. The fraction of sp³-hybridized carbons (Fsp3) is 0.622. The summed E-state index contributed by atoms with van der Waals surface area (Å²) in [7, 11) is -1.81. The zero-order valence-electron chi connectivity index (χ0n) is 29.5. The molecule has 6 heteroatoms. The van der Waals surface area contributed by atoms with E-state index in [2.05, 4.69) is 110 Å². The van der Waals surface area contributed by atoms with Crippen molar-refractivity contribution >= 4 is 35.0 Å². The first-order valence-electron chi connectivity index (χ1n) is 16.2. The molecule has 0 aliphatic rings. The van der Waals surface area contributed by atoms with Gasteiger partial charge in [0.15, 0.2) is 0 Å². The van der Waals surface area contributed by atoms with E-state index < -0.39 is 23.7 Å². The summed E-state index contributed by atoms with van der Waals surface area (Å²) in [4.78, 5) is 1.32. The number of aryl methyl sites for hydroxylation is 2. The lowest BCUT2D eigenvalue weighted by molar-refractivity contribution is 0.0655.